The molecule has 2 aliphatic heterocycles. The molecule has 1 aromatic carbocycles. The van der Waals surface area contributed by atoms with Gasteiger partial charge in [-0.3, -0.25) is 34.2 Å². The fraction of sp³-hybridized carbons (Fsp3) is 0.222. The van der Waals surface area contributed by atoms with E-state index in [-0.39, 0.29) is 59.9 Å². The van der Waals surface area contributed by atoms with Gasteiger partial charge in [-0.05, 0) is 42.8 Å². The molecule has 2 aliphatic rings. The summed E-state index contributed by atoms with van der Waals surface area (Å²) >= 11 is 0. The van der Waals surface area contributed by atoms with Gasteiger partial charge < -0.3 is 15.1 Å². The lowest BCUT2D eigenvalue weighted by Gasteiger charge is -2.27. The van der Waals surface area contributed by atoms with Gasteiger partial charge in [0.15, 0.2) is 22.8 Å². The third-order valence-electron chi connectivity index (χ3n) is 6.90. The van der Waals surface area contributed by atoms with E-state index in [4.69, 9.17) is 4.42 Å². The summed E-state index contributed by atoms with van der Waals surface area (Å²) in [6, 6.07) is 8.20. The Morgan fingerprint density at radius 2 is 1.84 bits per heavy atom. The van der Waals surface area contributed by atoms with Crippen molar-refractivity contribution in [3.05, 3.63) is 71.2 Å². The maximum atomic E-state index is 13.7. The number of hydrogen-bond acceptors (Lipinski definition) is 9. The Labute approximate surface area is 239 Å². The van der Waals surface area contributed by atoms with Gasteiger partial charge in [0.05, 0.1) is 17.4 Å². The number of piperidine rings is 1. The lowest BCUT2D eigenvalue weighted by Crippen LogP contribution is -2.54. The van der Waals surface area contributed by atoms with E-state index >= 15 is 0 Å². The predicted octanol–water partition coefficient (Wildman–Crippen LogP) is 2.25. The molecule has 6 rings (SSSR count). The van der Waals surface area contributed by atoms with Crippen LogP contribution in [0, 0.1) is 0 Å². The molecule has 0 saturated carbocycles. The lowest BCUT2D eigenvalue weighted by atomic mass is 10.0. The van der Waals surface area contributed by atoms with Crippen molar-refractivity contribution in [1.82, 2.24) is 30.1 Å². The van der Waals surface area contributed by atoms with Crippen LogP contribution in [0.25, 0.3) is 17.1 Å². The second-order valence-corrected chi connectivity index (χ2v) is 9.69. The molecule has 3 N–H and O–H groups in total. The van der Waals surface area contributed by atoms with Crippen LogP contribution in [-0.2, 0) is 15.8 Å². The van der Waals surface area contributed by atoms with Crippen molar-refractivity contribution in [1.29, 1.82) is 0 Å². The van der Waals surface area contributed by atoms with Crippen LogP contribution in [0.15, 0.2) is 53.1 Å². The van der Waals surface area contributed by atoms with Crippen molar-refractivity contribution in [2.45, 2.75) is 25.1 Å². The highest BCUT2D eigenvalue weighted by Gasteiger charge is 2.44. The number of imide groups is 2. The molecule has 43 heavy (non-hydrogen) atoms. The van der Waals surface area contributed by atoms with Gasteiger partial charge in [0.1, 0.15) is 11.7 Å². The van der Waals surface area contributed by atoms with Gasteiger partial charge in [-0.25, -0.2) is 9.50 Å². The normalized spacial score (nSPS) is 16.9. The molecule has 5 heterocycles. The first kappa shape index (κ1) is 27.6. The summed E-state index contributed by atoms with van der Waals surface area (Å²) in [6.07, 6.45) is -3.45. The molecule has 5 amide bonds. The van der Waals surface area contributed by atoms with Gasteiger partial charge in [0, 0.05) is 31.3 Å². The summed E-state index contributed by atoms with van der Waals surface area (Å²) in [6.45, 7) is 0.169. The molecule has 16 heteroatoms. The zero-order chi connectivity index (χ0) is 30.5. The molecule has 3 aromatic heterocycles. The number of anilines is 1. The van der Waals surface area contributed by atoms with Crippen LogP contribution in [-0.4, -0.2) is 68.2 Å². The number of nitrogens with zero attached hydrogens (tertiary/aromatic N) is 4. The number of rotatable bonds is 7. The van der Waals surface area contributed by atoms with Crippen LogP contribution >= 0.6 is 0 Å². The van der Waals surface area contributed by atoms with Crippen LogP contribution in [0.2, 0.25) is 0 Å². The molecule has 220 valence electrons. The standard InChI is InChI=1S/C27H20F3N7O6/c28-27(29,30)20-11-16(19-2-1-9-43-19)33-21-12-17(35-37(20)21)23(39)32-8-7-31-13-3-4-14-15(10-13)26(42)36(25(14)41)18-5-6-22(38)34-24(18)40/h1-4,9-12,18,31H,5-8H2,(H,32,39)(H,34,38,40). The Bertz CT molecular complexity index is 1820. The minimum absolute atomic E-state index is 0.00326. The summed E-state index contributed by atoms with van der Waals surface area (Å²) in [5.74, 6) is -3.11. The first-order valence-electron chi connectivity index (χ1n) is 12.9. The van der Waals surface area contributed by atoms with Gasteiger partial charge in [-0.1, -0.05) is 0 Å². The Hall–Kier alpha value is -5.54. The minimum atomic E-state index is -4.78. The first-order valence-corrected chi connectivity index (χ1v) is 12.9. The summed E-state index contributed by atoms with van der Waals surface area (Å²) in [4.78, 5) is 67.1. The molecule has 13 nitrogen and oxygen atoms in total. The summed E-state index contributed by atoms with van der Waals surface area (Å²) < 4.78 is 46.9. The SMILES string of the molecule is O=C1CCC(N2C(=O)c3ccc(NCCNC(=O)c4cc5nc(-c6ccco6)cc(C(F)(F)F)n5n4)cc3C2=O)C(=O)N1. The second-order valence-electron chi connectivity index (χ2n) is 9.69. The van der Waals surface area contributed by atoms with Crippen molar-refractivity contribution in [3.63, 3.8) is 0 Å². The molecule has 0 radical (unpaired) electrons. The zero-order valence-corrected chi connectivity index (χ0v) is 21.9. The van der Waals surface area contributed by atoms with Gasteiger partial charge in [0.25, 0.3) is 17.7 Å². The molecular weight excluding hydrogens is 575 g/mol. The van der Waals surface area contributed by atoms with Crippen molar-refractivity contribution in [3.8, 4) is 11.5 Å². The first-order chi connectivity index (χ1) is 20.5. The van der Waals surface area contributed by atoms with Crippen molar-refractivity contribution < 1.29 is 41.6 Å². The number of carbonyl (C=O) groups excluding carboxylic acids is 5. The van der Waals surface area contributed by atoms with Crippen LogP contribution in [0.3, 0.4) is 0 Å². The maximum Gasteiger partial charge on any atom is 0.433 e. The number of hydrogen-bond donors (Lipinski definition) is 3. The molecule has 0 aliphatic carbocycles. The summed E-state index contributed by atoms with van der Waals surface area (Å²) in [5.41, 5.74) is -1.06. The van der Waals surface area contributed by atoms with Gasteiger partial charge >= 0.3 is 6.18 Å². The largest absolute Gasteiger partial charge is 0.463 e. The van der Waals surface area contributed by atoms with Crippen molar-refractivity contribution >= 4 is 40.9 Å². The van der Waals surface area contributed by atoms with E-state index in [1.54, 1.807) is 6.07 Å². The Morgan fingerprint density at radius 3 is 2.56 bits per heavy atom. The Morgan fingerprint density at radius 1 is 1.05 bits per heavy atom. The van der Waals surface area contributed by atoms with E-state index in [0.29, 0.717) is 10.2 Å². The highest BCUT2D eigenvalue weighted by atomic mass is 19.4. The van der Waals surface area contributed by atoms with Gasteiger partial charge in [-0.15, -0.1) is 0 Å². The highest BCUT2D eigenvalue weighted by molar-refractivity contribution is 6.23. The monoisotopic (exact) mass is 595 g/mol. The predicted molar refractivity (Wildman–Crippen MR) is 140 cm³/mol. The van der Waals surface area contributed by atoms with Gasteiger partial charge in [0.2, 0.25) is 11.8 Å². The maximum absolute atomic E-state index is 13.7. The average molecular weight is 595 g/mol. The number of amides is 5. The van der Waals surface area contributed by atoms with E-state index in [1.807, 2.05) is 0 Å². The van der Waals surface area contributed by atoms with E-state index in [2.05, 4.69) is 26.0 Å². The van der Waals surface area contributed by atoms with Crippen molar-refractivity contribution in [2.75, 3.05) is 18.4 Å². The fourth-order valence-electron chi connectivity index (χ4n) is 4.89. The van der Waals surface area contributed by atoms with E-state index in [1.165, 1.54) is 30.5 Å². The van der Waals surface area contributed by atoms with E-state index < -0.39 is 47.4 Å². The second kappa shape index (κ2) is 10.4. The van der Waals surface area contributed by atoms with Gasteiger partial charge in [-0.2, -0.15) is 18.3 Å². The Kier molecular flexibility index (Phi) is 6.67. The Balaban J connectivity index is 1.11. The quantitative estimate of drug-likeness (QED) is 0.214. The zero-order valence-electron chi connectivity index (χ0n) is 21.9. The van der Waals surface area contributed by atoms with Crippen LogP contribution in [0.5, 0.6) is 0 Å². The molecule has 1 unspecified atom stereocenters. The topological polar surface area (TPSA) is 168 Å². The summed E-state index contributed by atoms with van der Waals surface area (Å²) in [7, 11) is 0. The van der Waals surface area contributed by atoms with E-state index in [0.717, 1.165) is 17.0 Å². The van der Waals surface area contributed by atoms with Crippen LogP contribution in [0.1, 0.15) is 49.7 Å². The number of fused-ring (bicyclic) bond motifs is 2. The lowest BCUT2D eigenvalue weighted by molar-refractivity contribution is -0.142. The summed E-state index contributed by atoms with van der Waals surface area (Å²) in [5, 5.41) is 11.5. The third kappa shape index (κ3) is 5.06. The number of halogens is 3. The number of carbonyl (C=O) groups is 5. The number of furan rings is 1. The minimum Gasteiger partial charge on any atom is -0.463 e. The van der Waals surface area contributed by atoms with E-state index in [9.17, 15) is 37.1 Å². The molecule has 1 saturated heterocycles. The highest BCUT2D eigenvalue weighted by Crippen LogP contribution is 2.33. The molecule has 1 atom stereocenters. The molecule has 0 spiro atoms. The van der Waals surface area contributed by atoms with Crippen LogP contribution < -0.4 is 16.0 Å². The average Bonchev–Trinajstić information content (AvgIpc) is 3.70. The molecule has 1 fully saturated rings. The smallest absolute Gasteiger partial charge is 0.433 e. The molecule has 0 bridgehead atoms. The number of aromatic nitrogens is 3. The fourth-order valence-corrected chi connectivity index (χ4v) is 4.89. The number of benzene rings is 1. The molecular formula is C27H20F3N7O6. The molecule has 4 aromatic rings. The number of nitrogens with one attached hydrogen (secondary N) is 3. The number of alkyl halides is 3. The van der Waals surface area contributed by atoms with Crippen molar-refractivity contribution in [2.24, 2.45) is 0 Å². The third-order valence-corrected chi connectivity index (χ3v) is 6.90. The van der Waals surface area contributed by atoms with Crippen LogP contribution in [0.4, 0.5) is 18.9 Å².